The first kappa shape index (κ1) is 43.1. The number of carbonyl (C=O) groups is 5. The number of likely N-dealkylation sites (N-methyl/N-ethyl adjacent to an activating group) is 1. The van der Waals surface area contributed by atoms with E-state index >= 15 is 0 Å². The van der Waals surface area contributed by atoms with Gasteiger partial charge in [-0.1, -0.05) is 36.4 Å². The van der Waals surface area contributed by atoms with Crippen molar-refractivity contribution in [2.24, 2.45) is 0 Å². The summed E-state index contributed by atoms with van der Waals surface area (Å²) < 4.78 is 43.8. The van der Waals surface area contributed by atoms with Crippen LogP contribution in [0.4, 0.5) is 10.5 Å². The maximum absolute atomic E-state index is 13.3. The van der Waals surface area contributed by atoms with Crippen LogP contribution in [0, 0.1) is 10.1 Å². The number of esters is 4. The zero-order valence-electron chi connectivity index (χ0n) is 31.5. The molecule has 18 nitrogen and oxygen atoms in total. The predicted molar refractivity (Wildman–Crippen MR) is 187 cm³/mol. The van der Waals surface area contributed by atoms with Crippen molar-refractivity contribution >= 4 is 35.7 Å². The highest BCUT2D eigenvalue weighted by molar-refractivity contribution is 5.77. The lowest BCUT2D eigenvalue weighted by Gasteiger charge is -2.42. The van der Waals surface area contributed by atoms with Crippen molar-refractivity contribution in [3.8, 4) is 5.75 Å². The molecule has 3 rings (SSSR count). The summed E-state index contributed by atoms with van der Waals surface area (Å²) in [6, 6.07) is 13.4. The molecule has 0 N–H and O–H groups in total. The molecule has 0 aliphatic carbocycles. The first-order valence-electron chi connectivity index (χ1n) is 16.8. The number of ether oxygens (including phenoxy) is 8. The molecule has 4 unspecified atom stereocenters. The number of hydrogen-bond acceptors (Lipinski definition) is 16. The number of nitro groups is 1. The minimum atomic E-state index is -1.83. The van der Waals surface area contributed by atoms with Crippen LogP contribution in [0.1, 0.15) is 45.7 Å². The van der Waals surface area contributed by atoms with Gasteiger partial charge < -0.3 is 42.8 Å². The normalized spacial score (nSPS) is 19.6. The van der Waals surface area contributed by atoms with Crippen molar-refractivity contribution < 1.29 is 66.8 Å². The van der Waals surface area contributed by atoms with E-state index in [9.17, 15) is 34.1 Å². The monoisotopic (exact) mass is 761 g/mol. The number of nitro benzene ring substituents is 1. The fourth-order valence-corrected chi connectivity index (χ4v) is 5.35. The minimum Gasteiger partial charge on any atom is -0.467 e. The maximum Gasteiger partial charge on any atom is 0.411 e. The van der Waals surface area contributed by atoms with Crippen molar-refractivity contribution in [1.82, 2.24) is 9.80 Å². The Kier molecular flexibility index (Phi) is 15.7. The number of rotatable bonds is 17. The van der Waals surface area contributed by atoms with E-state index in [1.807, 2.05) is 63.2 Å². The zero-order chi connectivity index (χ0) is 40.2. The van der Waals surface area contributed by atoms with Gasteiger partial charge in [-0.05, 0) is 45.1 Å². The van der Waals surface area contributed by atoms with Crippen LogP contribution in [0.25, 0.3) is 0 Å². The van der Waals surface area contributed by atoms with Crippen LogP contribution >= 0.6 is 0 Å². The Morgan fingerprint density at radius 2 is 1.46 bits per heavy atom. The molecule has 2 aromatic rings. The molecule has 1 heterocycles. The Balaban J connectivity index is 1.84. The number of amides is 1. The molecule has 0 radical (unpaired) electrons. The number of methoxy groups -OCH3 is 1. The fraction of sp³-hybridized carbons (Fsp3) is 0.528. The van der Waals surface area contributed by atoms with Crippen LogP contribution in [-0.4, -0.2) is 122 Å². The van der Waals surface area contributed by atoms with E-state index < -0.39 is 82.6 Å². The van der Waals surface area contributed by atoms with Crippen LogP contribution < -0.4 is 4.74 Å². The molecule has 1 fully saturated rings. The fourth-order valence-electron chi connectivity index (χ4n) is 5.35. The van der Waals surface area contributed by atoms with Gasteiger partial charge in [0.15, 0.2) is 24.1 Å². The van der Waals surface area contributed by atoms with Crippen LogP contribution in [-0.2, 0) is 65.4 Å². The largest absolute Gasteiger partial charge is 0.467 e. The molecule has 1 aliphatic heterocycles. The van der Waals surface area contributed by atoms with Crippen molar-refractivity contribution in [3.05, 3.63) is 69.8 Å². The standard InChI is InChI=1S/C36H47N3O15/c1-22(40)50-29-30(51-23(2)41)32(52-24(3)42)34(54-31(29)33(43)47-8)53-28-15-14-26(18-27(28)39(45)46)20-48-35(44)38(17-16-37(6)7)21-49-36(4,5)19-25-12-10-9-11-13-25/h9-15,18,29-32,34H,16-17,19-21H2,1-8H3/t29?,30?,31?,32?,34-/m0/s1. The van der Waals surface area contributed by atoms with E-state index in [2.05, 4.69) is 0 Å². The third kappa shape index (κ3) is 13.0. The Hall–Kier alpha value is -5.33. The van der Waals surface area contributed by atoms with Gasteiger partial charge in [-0.15, -0.1) is 0 Å². The molecule has 5 atom stereocenters. The summed E-state index contributed by atoms with van der Waals surface area (Å²) in [5, 5.41) is 12.2. The third-order valence-electron chi connectivity index (χ3n) is 7.82. The maximum atomic E-state index is 13.3. The smallest absolute Gasteiger partial charge is 0.411 e. The number of hydrogen-bond donors (Lipinski definition) is 0. The molecular formula is C36H47N3O15. The summed E-state index contributed by atoms with van der Waals surface area (Å²) in [6.07, 6.45) is -8.75. The van der Waals surface area contributed by atoms with Gasteiger partial charge in [-0.2, -0.15) is 0 Å². The Morgan fingerprint density at radius 1 is 0.852 bits per heavy atom. The molecule has 0 spiro atoms. The number of carbonyl (C=O) groups excluding carboxylic acids is 5. The first-order valence-corrected chi connectivity index (χ1v) is 16.8. The Bertz CT molecular complexity index is 1630. The summed E-state index contributed by atoms with van der Waals surface area (Å²) in [7, 11) is 4.72. The topological polar surface area (TPSA) is 209 Å². The average Bonchev–Trinajstić information content (AvgIpc) is 3.09. The second-order valence-corrected chi connectivity index (χ2v) is 13.2. The van der Waals surface area contributed by atoms with E-state index in [1.54, 1.807) is 0 Å². The summed E-state index contributed by atoms with van der Waals surface area (Å²) in [5.41, 5.74) is 0.0301. The SMILES string of the molecule is COC(=O)C1O[C@H](Oc2ccc(COC(=O)N(CCN(C)C)COC(C)(C)Cc3ccccc3)cc2[N+](=O)[O-])C(OC(C)=O)C(OC(C)=O)C1OC(C)=O. The van der Waals surface area contributed by atoms with Crippen molar-refractivity contribution in [2.75, 3.05) is 41.0 Å². The molecule has 18 heteroatoms. The second-order valence-electron chi connectivity index (χ2n) is 13.2. The second kappa shape index (κ2) is 19.7. The molecule has 2 aromatic carbocycles. The lowest BCUT2D eigenvalue weighted by molar-refractivity contribution is -0.387. The van der Waals surface area contributed by atoms with Crippen molar-refractivity contribution in [2.45, 2.75) is 84.0 Å². The number of benzene rings is 2. The highest BCUT2D eigenvalue weighted by Crippen LogP contribution is 2.35. The van der Waals surface area contributed by atoms with Crippen LogP contribution in [0.2, 0.25) is 0 Å². The number of nitrogens with zero attached hydrogens (tertiary/aromatic N) is 3. The van der Waals surface area contributed by atoms with Gasteiger partial charge in [0, 0.05) is 46.3 Å². The molecule has 1 saturated heterocycles. The Labute approximate surface area is 312 Å². The van der Waals surface area contributed by atoms with Gasteiger partial charge in [-0.3, -0.25) is 29.4 Å². The summed E-state index contributed by atoms with van der Waals surface area (Å²) in [6.45, 7) is 7.21. The van der Waals surface area contributed by atoms with Crippen molar-refractivity contribution in [1.29, 1.82) is 0 Å². The third-order valence-corrected chi connectivity index (χ3v) is 7.82. The van der Waals surface area contributed by atoms with Gasteiger partial charge in [-0.25, -0.2) is 9.59 Å². The molecule has 296 valence electrons. The Morgan fingerprint density at radius 3 is 2.04 bits per heavy atom. The van der Waals surface area contributed by atoms with Crippen LogP contribution in [0.15, 0.2) is 48.5 Å². The summed E-state index contributed by atoms with van der Waals surface area (Å²) in [5.74, 6) is -4.22. The van der Waals surface area contributed by atoms with E-state index in [0.29, 0.717) is 13.0 Å². The molecule has 0 saturated carbocycles. The first-order chi connectivity index (χ1) is 25.4. The summed E-state index contributed by atoms with van der Waals surface area (Å²) >= 11 is 0. The minimum absolute atomic E-state index is 0.0798. The van der Waals surface area contributed by atoms with E-state index in [4.69, 9.17) is 37.9 Å². The quantitative estimate of drug-likeness (QED) is 0.0745. The van der Waals surface area contributed by atoms with Crippen LogP contribution in [0.5, 0.6) is 5.75 Å². The average molecular weight is 762 g/mol. The predicted octanol–water partition coefficient (Wildman–Crippen LogP) is 3.16. The zero-order valence-corrected chi connectivity index (χ0v) is 31.5. The molecule has 0 aromatic heterocycles. The molecule has 1 amide bonds. The van der Waals surface area contributed by atoms with E-state index in [-0.39, 0.29) is 25.4 Å². The molecule has 54 heavy (non-hydrogen) atoms. The van der Waals surface area contributed by atoms with Crippen molar-refractivity contribution in [3.63, 3.8) is 0 Å². The molecular weight excluding hydrogens is 714 g/mol. The van der Waals surface area contributed by atoms with Gasteiger partial charge in [0.25, 0.3) is 0 Å². The lowest BCUT2D eigenvalue weighted by atomic mass is 9.97. The highest BCUT2D eigenvalue weighted by atomic mass is 16.7. The summed E-state index contributed by atoms with van der Waals surface area (Å²) in [4.78, 5) is 76.9. The lowest BCUT2D eigenvalue weighted by Crippen LogP contribution is -2.64. The van der Waals surface area contributed by atoms with Gasteiger partial charge in [0.1, 0.15) is 13.3 Å². The van der Waals surface area contributed by atoms with E-state index in [1.165, 1.54) is 17.0 Å². The molecule has 1 aliphatic rings. The highest BCUT2D eigenvalue weighted by Gasteiger charge is 2.56. The van der Waals surface area contributed by atoms with Crippen LogP contribution in [0.3, 0.4) is 0 Å². The van der Waals surface area contributed by atoms with E-state index in [0.717, 1.165) is 39.5 Å². The van der Waals surface area contributed by atoms with Gasteiger partial charge in [0.2, 0.25) is 12.4 Å². The van der Waals surface area contributed by atoms with Gasteiger partial charge in [0.05, 0.1) is 17.6 Å². The molecule has 0 bridgehead atoms. The van der Waals surface area contributed by atoms with Gasteiger partial charge >= 0.3 is 35.7 Å².